The van der Waals surface area contributed by atoms with Crippen molar-refractivity contribution in [1.29, 1.82) is 0 Å². The highest BCUT2D eigenvalue weighted by Gasteiger charge is 2.72. The van der Waals surface area contributed by atoms with Gasteiger partial charge in [-0.25, -0.2) is 4.90 Å². The summed E-state index contributed by atoms with van der Waals surface area (Å²) in [5.74, 6) is -0.140. The van der Waals surface area contributed by atoms with Crippen molar-refractivity contribution in [3.8, 4) is 5.75 Å². The van der Waals surface area contributed by atoms with Crippen molar-refractivity contribution < 1.29 is 24.0 Å². The summed E-state index contributed by atoms with van der Waals surface area (Å²) >= 11 is 0. The second kappa shape index (κ2) is 7.28. The maximum Gasteiger partial charge on any atom is 0.265 e. The number of amides is 3. The summed E-state index contributed by atoms with van der Waals surface area (Å²) in [7, 11) is 3.39. The number of hydroxylamine groups is 2. The van der Waals surface area contributed by atoms with Crippen molar-refractivity contribution in [2.24, 2.45) is 23.7 Å². The number of hydrogen-bond acceptors (Lipinski definition) is 6. The molecule has 32 heavy (non-hydrogen) atoms. The summed E-state index contributed by atoms with van der Waals surface area (Å²) in [4.78, 5) is 49.6. The predicted octanol–water partition coefficient (Wildman–Crippen LogP) is 2.43. The highest BCUT2D eigenvalue weighted by Crippen LogP contribution is 2.55. The number of ether oxygens (including phenoxy) is 1. The third-order valence-corrected chi connectivity index (χ3v) is 8.01. The molecule has 6 atom stereocenters. The van der Waals surface area contributed by atoms with Crippen molar-refractivity contribution in [2.45, 2.75) is 57.8 Å². The van der Waals surface area contributed by atoms with E-state index in [0.717, 1.165) is 24.2 Å². The first kappa shape index (κ1) is 21.4. The van der Waals surface area contributed by atoms with Gasteiger partial charge in [0.15, 0.2) is 6.10 Å². The molecule has 4 aliphatic rings. The number of fused-ring (bicyclic) bond motifs is 4. The van der Waals surface area contributed by atoms with E-state index in [4.69, 9.17) is 9.57 Å². The Morgan fingerprint density at radius 2 is 1.75 bits per heavy atom. The van der Waals surface area contributed by atoms with Gasteiger partial charge in [-0.15, -0.1) is 5.06 Å². The number of likely N-dealkylation sites (N-methyl/N-ethyl adjacent to an activating group) is 1. The van der Waals surface area contributed by atoms with Crippen molar-refractivity contribution in [1.82, 2.24) is 9.96 Å². The molecule has 5 rings (SSSR count). The monoisotopic (exact) mass is 441 g/mol. The average molecular weight is 442 g/mol. The molecular formula is C24H31N3O5. The number of nitrogens with zero attached hydrogens (tertiary/aromatic N) is 3. The molecule has 1 aliphatic carbocycles. The van der Waals surface area contributed by atoms with Gasteiger partial charge in [0.25, 0.3) is 5.91 Å². The van der Waals surface area contributed by atoms with Crippen LogP contribution in [0, 0.1) is 23.7 Å². The number of imide groups is 1. The van der Waals surface area contributed by atoms with Gasteiger partial charge in [0.1, 0.15) is 23.4 Å². The van der Waals surface area contributed by atoms with E-state index in [1.165, 1.54) is 0 Å². The van der Waals surface area contributed by atoms with Crippen LogP contribution in [0.15, 0.2) is 24.3 Å². The van der Waals surface area contributed by atoms with Gasteiger partial charge in [0, 0.05) is 13.0 Å². The van der Waals surface area contributed by atoms with Crippen molar-refractivity contribution >= 4 is 23.4 Å². The van der Waals surface area contributed by atoms with Crippen molar-refractivity contribution in [3.63, 3.8) is 0 Å². The minimum Gasteiger partial charge on any atom is -0.497 e. The summed E-state index contributed by atoms with van der Waals surface area (Å²) in [6, 6.07) is 6.00. The van der Waals surface area contributed by atoms with Crippen molar-refractivity contribution in [2.75, 3.05) is 19.1 Å². The topological polar surface area (TPSA) is 79.4 Å². The van der Waals surface area contributed by atoms with Gasteiger partial charge >= 0.3 is 0 Å². The molecule has 3 heterocycles. The number of anilines is 1. The predicted molar refractivity (Wildman–Crippen MR) is 116 cm³/mol. The molecule has 8 heteroatoms. The Morgan fingerprint density at radius 3 is 2.38 bits per heavy atom. The number of carbonyl (C=O) groups excluding carboxylic acids is 3. The lowest BCUT2D eigenvalue weighted by molar-refractivity contribution is -0.260. The molecule has 8 nitrogen and oxygen atoms in total. The normalized spacial score (nSPS) is 37.1. The smallest absolute Gasteiger partial charge is 0.265 e. The van der Waals surface area contributed by atoms with Crippen LogP contribution >= 0.6 is 0 Å². The molecule has 0 radical (unpaired) electrons. The average Bonchev–Trinajstić information content (AvgIpc) is 3.34. The molecule has 1 saturated carbocycles. The van der Waals surface area contributed by atoms with Crippen LogP contribution in [0.4, 0.5) is 5.69 Å². The summed E-state index contributed by atoms with van der Waals surface area (Å²) in [5, 5.41) is 1.76. The zero-order chi connectivity index (χ0) is 22.9. The van der Waals surface area contributed by atoms with E-state index in [0.29, 0.717) is 23.3 Å². The molecule has 0 N–H and O–H groups in total. The number of methoxy groups -OCH3 is 1. The molecular weight excluding hydrogens is 410 g/mol. The van der Waals surface area contributed by atoms with Gasteiger partial charge < -0.3 is 9.64 Å². The fraction of sp³-hybridized carbons (Fsp3) is 0.625. The van der Waals surface area contributed by atoms with Crippen LogP contribution in [0.1, 0.15) is 40.0 Å². The van der Waals surface area contributed by atoms with Gasteiger partial charge in [-0.3, -0.25) is 19.2 Å². The minimum atomic E-state index is -0.964. The second-order valence-electron chi connectivity index (χ2n) is 10.0. The fourth-order valence-corrected chi connectivity index (χ4v) is 6.49. The summed E-state index contributed by atoms with van der Waals surface area (Å²) in [6.45, 7) is 6.54. The van der Waals surface area contributed by atoms with Crippen LogP contribution in [0.2, 0.25) is 0 Å². The molecule has 0 unspecified atom stereocenters. The largest absolute Gasteiger partial charge is 0.497 e. The molecule has 3 saturated heterocycles. The maximum atomic E-state index is 13.6. The first-order chi connectivity index (χ1) is 15.2. The number of benzene rings is 1. The zero-order valence-electron chi connectivity index (χ0n) is 19.3. The molecule has 3 aliphatic heterocycles. The first-order valence-corrected chi connectivity index (χ1v) is 11.5. The van der Waals surface area contributed by atoms with Crippen molar-refractivity contribution in [3.05, 3.63) is 24.3 Å². The van der Waals surface area contributed by atoms with E-state index >= 15 is 0 Å². The third kappa shape index (κ3) is 2.65. The van der Waals surface area contributed by atoms with Gasteiger partial charge in [-0.2, -0.15) is 0 Å². The van der Waals surface area contributed by atoms with E-state index in [1.807, 2.05) is 11.9 Å². The Kier molecular flexibility index (Phi) is 4.87. The quantitative estimate of drug-likeness (QED) is 0.671. The van der Waals surface area contributed by atoms with Crippen LogP contribution < -0.4 is 9.64 Å². The van der Waals surface area contributed by atoms with Crippen LogP contribution in [-0.4, -0.2) is 59.7 Å². The van der Waals surface area contributed by atoms with E-state index < -0.39 is 29.6 Å². The summed E-state index contributed by atoms with van der Waals surface area (Å²) in [5.41, 5.74) is -0.158. The van der Waals surface area contributed by atoms with Gasteiger partial charge in [0.2, 0.25) is 11.8 Å². The number of carbonyl (C=O) groups is 3. The Hall–Kier alpha value is -2.45. The molecule has 1 spiro atoms. The first-order valence-electron chi connectivity index (χ1n) is 11.5. The lowest BCUT2D eigenvalue weighted by Crippen LogP contribution is -2.62. The molecule has 4 fully saturated rings. The Labute approximate surface area is 188 Å². The van der Waals surface area contributed by atoms with E-state index in [9.17, 15) is 14.4 Å². The Bertz CT molecular complexity index is 963. The van der Waals surface area contributed by atoms with E-state index in [2.05, 4.69) is 20.8 Å². The highest BCUT2D eigenvalue weighted by atomic mass is 16.7. The standard InChI is InChI=1S/C24H31N3O5/c1-13(2)17-11-6-14(3)12-24(17)25(4)22(29)19-18-20(32-27(19)24)23(30)26(21(18)28)15-7-9-16(31-5)10-8-15/h7-10,13-14,17-20H,6,11-12H2,1-5H3/t14-,17+,18-,19+,20+,24+/m1/s1. The van der Waals surface area contributed by atoms with Gasteiger partial charge in [-0.1, -0.05) is 27.2 Å². The molecule has 1 aromatic carbocycles. The third-order valence-electron chi connectivity index (χ3n) is 8.01. The summed E-state index contributed by atoms with van der Waals surface area (Å²) in [6.07, 6.45) is 1.90. The zero-order valence-corrected chi connectivity index (χ0v) is 19.3. The molecule has 1 aromatic rings. The number of rotatable bonds is 3. The number of hydrogen-bond donors (Lipinski definition) is 0. The lowest BCUT2D eigenvalue weighted by Gasteiger charge is -2.52. The fourth-order valence-electron chi connectivity index (χ4n) is 6.49. The van der Waals surface area contributed by atoms with E-state index in [1.54, 1.807) is 36.4 Å². The van der Waals surface area contributed by atoms with Crippen LogP contribution in [0.5, 0.6) is 5.75 Å². The van der Waals surface area contributed by atoms with Crippen LogP contribution in [0.25, 0.3) is 0 Å². The van der Waals surface area contributed by atoms with Gasteiger partial charge in [-0.05, 0) is 48.9 Å². The van der Waals surface area contributed by atoms with E-state index in [-0.39, 0.29) is 17.7 Å². The molecule has 172 valence electrons. The Morgan fingerprint density at radius 1 is 1.06 bits per heavy atom. The second-order valence-corrected chi connectivity index (χ2v) is 10.0. The molecule has 0 aromatic heterocycles. The highest BCUT2D eigenvalue weighted by molar-refractivity contribution is 6.24. The lowest BCUT2D eigenvalue weighted by atomic mass is 9.69. The van der Waals surface area contributed by atoms with Crippen LogP contribution in [-0.2, 0) is 19.2 Å². The maximum absolute atomic E-state index is 13.6. The molecule has 3 amide bonds. The Balaban J connectivity index is 1.52. The van der Waals surface area contributed by atoms with Crippen LogP contribution in [0.3, 0.4) is 0 Å². The minimum absolute atomic E-state index is 0.130. The SMILES string of the molecule is COc1ccc(N2C(=O)[C@H]3[C@H](ON4[C@@H]3C(=O)N(C)[C@@]43C[C@H](C)CC[C@H]3C(C)C)C2=O)cc1. The molecule has 0 bridgehead atoms. The van der Waals surface area contributed by atoms with Gasteiger partial charge in [0.05, 0.1) is 12.8 Å². The summed E-state index contributed by atoms with van der Waals surface area (Å²) < 4.78 is 5.17.